The lowest BCUT2D eigenvalue weighted by Gasteiger charge is -2.51. The van der Waals surface area contributed by atoms with Crippen molar-refractivity contribution in [3.05, 3.63) is 71.8 Å². The molecule has 1 saturated heterocycles. The van der Waals surface area contributed by atoms with Crippen molar-refractivity contribution < 1.29 is 9.53 Å². The molecule has 3 rings (SSSR count). The molecule has 0 saturated carbocycles. The predicted octanol–water partition coefficient (Wildman–Crippen LogP) is 3.26. The summed E-state index contributed by atoms with van der Waals surface area (Å²) in [5, 5.41) is 0. The molecule has 1 heterocycles. The second kappa shape index (κ2) is 8.12. The minimum Gasteiger partial charge on any atom is -0.379 e. The van der Waals surface area contributed by atoms with Crippen LogP contribution < -0.4 is 0 Å². The lowest BCUT2D eigenvalue weighted by atomic mass is 9.79. The Balaban J connectivity index is 2.10. The molecule has 2 aromatic rings. The van der Waals surface area contributed by atoms with Crippen LogP contribution in [0, 0.1) is 0 Å². The Morgan fingerprint density at radius 3 is 2.08 bits per heavy atom. The third kappa shape index (κ3) is 3.58. The molecular weight excluding hydrogens is 324 g/mol. The van der Waals surface area contributed by atoms with E-state index in [9.17, 15) is 4.79 Å². The Bertz CT molecular complexity index is 711. The van der Waals surface area contributed by atoms with Crippen molar-refractivity contribution in [1.29, 1.82) is 0 Å². The van der Waals surface area contributed by atoms with Gasteiger partial charge in [-0.15, -0.1) is 0 Å². The van der Waals surface area contributed by atoms with E-state index in [1.165, 1.54) is 0 Å². The molecule has 2 unspecified atom stereocenters. The van der Waals surface area contributed by atoms with Crippen LogP contribution >= 0.6 is 0 Å². The molecule has 4 heteroatoms. The Morgan fingerprint density at radius 2 is 1.54 bits per heavy atom. The lowest BCUT2D eigenvalue weighted by molar-refractivity contribution is -0.0826. The van der Waals surface area contributed by atoms with E-state index < -0.39 is 5.66 Å². The number of carbonyl (C=O) groups is 1. The Hall–Kier alpha value is -2.01. The van der Waals surface area contributed by atoms with Gasteiger partial charge >= 0.3 is 0 Å². The van der Waals surface area contributed by atoms with E-state index in [1.54, 1.807) is 0 Å². The van der Waals surface area contributed by atoms with Gasteiger partial charge in [0.15, 0.2) is 5.78 Å². The zero-order valence-corrected chi connectivity index (χ0v) is 15.9. The third-order valence-electron chi connectivity index (χ3n) is 5.56. The van der Waals surface area contributed by atoms with Crippen LogP contribution in [0.1, 0.15) is 28.8 Å². The maximum absolute atomic E-state index is 13.7. The number of morpholine rings is 1. The smallest absolute Gasteiger partial charge is 0.173 e. The van der Waals surface area contributed by atoms with Gasteiger partial charge in [-0.3, -0.25) is 14.6 Å². The molecule has 0 N–H and O–H groups in total. The highest BCUT2D eigenvalue weighted by molar-refractivity contribution is 6.01. The number of nitrogens with zero attached hydrogens (tertiary/aromatic N) is 2. The van der Waals surface area contributed by atoms with Crippen LogP contribution in [-0.4, -0.2) is 61.6 Å². The van der Waals surface area contributed by atoms with Crippen molar-refractivity contribution in [2.45, 2.75) is 18.5 Å². The summed E-state index contributed by atoms with van der Waals surface area (Å²) in [4.78, 5) is 18.2. The summed E-state index contributed by atoms with van der Waals surface area (Å²) in [6, 6.07) is 19.8. The summed E-state index contributed by atoms with van der Waals surface area (Å²) in [5.41, 5.74) is 1.35. The van der Waals surface area contributed by atoms with Crippen molar-refractivity contribution >= 4 is 5.78 Å². The molecular formula is C22H28N2O2. The lowest BCUT2D eigenvalue weighted by Crippen LogP contribution is -2.63. The monoisotopic (exact) mass is 352 g/mol. The normalized spacial score (nSPS) is 19.1. The van der Waals surface area contributed by atoms with Crippen molar-refractivity contribution in [3.8, 4) is 0 Å². The van der Waals surface area contributed by atoms with E-state index in [1.807, 2.05) is 48.5 Å². The van der Waals surface area contributed by atoms with Gasteiger partial charge in [0.05, 0.1) is 24.8 Å². The number of hydrogen-bond acceptors (Lipinski definition) is 4. The molecule has 4 nitrogen and oxygen atoms in total. The SMILES string of the molecule is CN(C)C(C)(C(C(=O)c1ccccc1)c1ccccc1)N1CCOCC1. The first-order valence-electron chi connectivity index (χ1n) is 9.19. The summed E-state index contributed by atoms with van der Waals surface area (Å²) in [6.45, 7) is 5.21. The van der Waals surface area contributed by atoms with Crippen molar-refractivity contribution in [2.24, 2.45) is 0 Å². The van der Waals surface area contributed by atoms with Crippen LogP contribution in [-0.2, 0) is 4.74 Å². The number of benzene rings is 2. The first kappa shape index (κ1) is 18.8. The van der Waals surface area contributed by atoms with Crippen LogP contribution in [0.25, 0.3) is 0 Å². The standard InChI is InChI=1S/C22H28N2O2/c1-22(23(2)3,24-14-16-26-17-15-24)20(18-10-6-4-7-11-18)21(25)19-12-8-5-9-13-19/h4-13,20H,14-17H2,1-3H3. The summed E-state index contributed by atoms with van der Waals surface area (Å²) < 4.78 is 5.56. The topological polar surface area (TPSA) is 32.8 Å². The Kier molecular flexibility index (Phi) is 5.87. The maximum atomic E-state index is 13.7. The van der Waals surface area contributed by atoms with Crippen LogP contribution in [0.15, 0.2) is 60.7 Å². The molecule has 2 atom stereocenters. The first-order chi connectivity index (χ1) is 12.5. The minimum absolute atomic E-state index is 0.152. The number of likely N-dealkylation sites (N-methyl/N-ethyl adjacent to an activating group) is 1. The molecule has 1 fully saturated rings. The van der Waals surface area contributed by atoms with Gasteiger partial charge in [-0.25, -0.2) is 0 Å². The van der Waals surface area contributed by atoms with Gasteiger partial charge in [0.2, 0.25) is 0 Å². The highest BCUT2D eigenvalue weighted by Gasteiger charge is 2.46. The number of Topliss-reactive ketones (excluding diaryl/α,β-unsaturated/α-hetero) is 1. The molecule has 1 aliphatic rings. The van der Waals surface area contributed by atoms with E-state index in [0.29, 0.717) is 13.2 Å². The second-order valence-electron chi connectivity index (χ2n) is 7.16. The summed E-state index contributed by atoms with van der Waals surface area (Å²) >= 11 is 0. The van der Waals surface area contributed by atoms with Gasteiger partial charge in [-0.2, -0.15) is 0 Å². The highest BCUT2D eigenvalue weighted by atomic mass is 16.5. The summed E-state index contributed by atoms with van der Waals surface area (Å²) in [7, 11) is 4.12. The van der Waals surface area contributed by atoms with Crippen molar-refractivity contribution in [1.82, 2.24) is 9.80 Å². The molecule has 0 aliphatic carbocycles. The molecule has 1 aliphatic heterocycles. The van der Waals surface area contributed by atoms with E-state index >= 15 is 0 Å². The molecule has 0 amide bonds. The van der Waals surface area contributed by atoms with Gasteiger partial charge in [0.25, 0.3) is 0 Å². The predicted molar refractivity (Wildman–Crippen MR) is 104 cm³/mol. The zero-order chi connectivity index (χ0) is 18.6. The molecule has 0 spiro atoms. The fourth-order valence-corrected chi connectivity index (χ4v) is 3.87. The highest BCUT2D eigenvalue weighted by Crippen LogP contribution is 2.38. The second-order valence-corrected chi connectivity index (χ2v) is 7.16. The Morgan fingerprint density at radius 1 is 1.00 bits per heavy atom. The fraction of sp³-hybridized carbons (Fsp3) is 0.409. The first-order valence-corrected chi connectivity index (χ1v) is 9.19. The summed E-state index contributed by atoms with van der Waals surface area (Å²) in [5.74, 6) is -0.140. The van der Waals surface area contributed by atoms with Crippen LogP contribution in [0.4, 0.5) is 0 Å². The average molecular weight is 352 g/mol. The van der Waals surface area contributed by atoms with Gasteiger partial charge in [-0.1, -0.05) is 60.7 Å². The third-order valence-corrected chi connectivity index (χ3v) is 5.56. The van der Waals surface area contributed by atoms with Gasteiger partial charge in [0, 0.05) is 18.7 Å². The zero-order valence-electron chi connectivity index (χ0n) is 15.9. The molecule has 2 aromatic carbocycles. The minimum atomic E-state index is -0.446. The molecule has 138 valence electrons. The maximum Gasteiger partial charge on any atom is 0.173 e. The van der Waals surface area contributed by atoms with Crippen LogP contribution in [0.2, 0.25) is 0 Å². The number of ketones is 1. The molecule has 0 aromatic heterocycles. The quantitative estimate of drug-likeness (QED) is 0.747. The number of rotatable bonds is 6. The van der Waals surface area contributed by atoms with Gasteiger partial charge in [-0.05, 0) is 26.6 Å². The van der Waals surface area contributed by atoms with Gasteiger partial charge < -0.3 is 4.74 Å². The van der Waals surface area contributed by atoms with E-state index in [2.05, 4.69) is 43.0 Å². The van der Waals surface area contributed by atoms with E-state index in [4.69, 9.17) is 4.74 Å². The number of carbonyl (C=O) groups excluding carboxylic acids is 1. The van der Waals surface area contributed by atoms with Gasteiger partial charge in [0.1, 0.15) is 0 Å². The van der Waals surface area contributed by atoms with Crippen LogP contribution in [0.5, 0.6) is 0 Å². The van der Waals surface area contributed by atoms with E-state index in [-0.39, 0.29) is 11.7 Å². The molecule has 26 heavy (non-hydrogen) atoms. The molecule has 0 radical (unpaired) electrons. The van der Waals surface area contributed by atoms with Crippen molar-refractivity contribution in [3.63, 3.8) is 0 Å². The Labute approximate surface area is 156 Å². The largest absolute Gasteiger partial charge is 0.379 e. The number of hydrogen-bond donors (Lipinski definition) is 0. The summed E-state index contributed by atoms with van der Waals surface area (Å²) in [6.07, 6.45) is 0. The average Bonchev–Trinajstić information content (AvgIpc) is 2.70. The van der Waals surface area contributed by atoms with Crippen LogP contribution in [0.3, 0.4) is 0 Å². The number of ether oxygens (including phenoxy) is 1. The fourth-order valence-electron chi connectivity index (χ4n) is 3.87. The molecule has 0 bridgehead atoms. The van der Waals surface area contributed by atoms with E-state index in [0.717, 1.165) is 24.2 Å². The van der Waals surface area contributed by atoms with Crippen molar-refractivity contribution in [2.75, 3.05) is 40.4 Å².